The summed E-state index contributed by atoms with van der Waals surface area (Å²) in [5.74, 6) is 0.188. The standard InChI is InChI=1S/C11H19N3O2/c1-8(2)6-14-10(5-12-13-14)7-16-11(15)9(3)4/h5,8-9H,6-7H2,1-4H3. The summed E-state index contributed by atoms with van der Waals surface area (Å²) < 4.78 is 6.91. The van der Waals surface area contributed by atoms with E-state index in [1.165, 1.54) is 0 Å². The maximum atomic E-state index is 11.3. The molecule has 0 amide bonds. The molecule has 0 spiro atoms. The summed E-state index contributed by atoms with van der Waals surface area (Å²) >= 11 is 0. The van der Waals surface area contributed by atoms with Gasteiger partial charge in [0.05, 0.1) is 17.8 Å². The summed E-state index contributed by atoms with van der Waals surface area (Å²) in [7, 11) is 0. The van der Waals surface area contributed by atoms with E-state index in [-0.39, 0.29) is 18.5 Å². The smallest absolute Gasteiger partial charge is 0.308 e. The molecule has 0 radical (unpaired) electrons. The van der Waals surface area contributed by atoms with Crippen LogP contribution in [0.5, 0.6) is 0 Å². The van der Waals surface area contributed by atoms with Crippen molar-refractivity contribution < 1.29 is 9.53 Å². The Bertz CT molecular complexity index is 345. The molecule has 0 unspecified atom stereocenters. The molecule has 0 saturated carbocycles. The fourth-order valence-electron chi connectivity index (χ4n) is 1.20. The molecule has 0 aliphatic rings. The van der Waals surface area contributed by atoms with Gasteiger partial charge in [-0.2, -0.15) is 0 Å². The Morgan fingerprint density at radius 1 is 1.44 bits per heavy atom. The van der Waals surface area contributed by atoms with E-state index < -0.39 is 0 Å². The van der Waals surface area contributed by atoms with Gasteiger partial charge in [-0.15, -0.1) is 5.10 Å². The van der Waals surface area contributed by atoms with Crippen LogP contribution >= 0.6 is 0 Å². The summed E-state index contributed by atoms with van der Waals surface area (Å²) in [5.41, 5.74) is 0.836. The predicted molar refractivity (Wildman–Crippen MR) is 59.5 cm³/mol. The van der Waals surface area contributed by atoms with E-state index in [1.54, 1.807) is 10.9 Å². The normalized spacial score (nSPS) is 11.1. The first-order chi connectivity index (χ1) is 7.50. The lowest BCUT2D eigenvalue weighted by molar-refractivity contribution is -0.148. The van der Waals surface area contributed by atoms with Gasteiger partial charge in [-0.1, -0.05) is 32.9 Å². The first-order valence-corrected chi connectivity index (χ1v) is 5.54. The molecule has 5 nitrogen and oxygen atoms in total. The van der Waals surface area contributed by atoms with Crippen LogP contribution in [0.25, 0.3) is 0 Å². The summed E-state index contributed by atoms with van der Waals surface area (Å²) in [6.07, 6.45) is 1.63. The van der Waals surface area contributed by atoms with Crippen LogP contribution < -0.4 is 0 Å². The van der Waals surface area contributed by atoms with Crippen LogP contribution in [0.1, 0.15) is 33.4 Å². The molecular formula is C11H19N3O2. The molecule has 0 bridgehead atoms. The predicted octanol–water partition coefficient (Wildman–Crippen LogP) is 1.63. The fraction of sp³-hybridized carbons (Fsp3) is 0.727. The number of aromatic nitrogens is 3. The van der Waals surface area contributed by atoms with Gasteiger partial charge in [-0.3, -0.25) is 4.79 Å². The highest BCUT2D eigenvalue weighted by Gasteiger charge is 2.11. The second-order valence-electron chi connectivity index (χ2n) is 4.56. The first kappa shape index (κ1) is 12.7. The largest absolute Gasteiger partial charge is 0.459 e. The Balaban J connectivity index is 2.54. The Labute approximate surface area is 95.8 Å². The van der Waals surface area contributed by atoms with Gasteiger partial charge in [0.1, 0.15) is 6.61 Å². The molecule has 0 aliphatic carbocycles. The zero-order chi connectivity index (χ0) is 12.1. The Morgan fingerprint density at radius 2 is 2.12 bits per heavy atom. The van der Waals surface area contributed by atoms with E-state index in [4.69, 9.17) is 4.74 Å². The minimum absolute atomic E-state index is 0.102. The fourth-order valence-corrected chi connectivity index (χ4v) is 1.20. The molecule has 1 heterocycles. The van der Waals surface area contributed by atoms with Crippen LogP contribution in [0.3, 0.4) is 0 Å². The molecule has 0 fully saturated rings. The molecule has 5 heteroatoms. The van der Waals surface area contributed by atoms with Crippen molar-refractivity contribution in [2.75, 3.05) is 0 Å². The third-order valence-corrected chi connectivity index (χ3v) is 2.07. The minimum atomic E-state index is -0.197. The Kier molecular flexibility index (Phi) is 4.46. The van der Waals surface area contributed by atoms with Gasteiger partial charge in [0.15, 0.2) is 0 Å². The zero-order valence-electron chi connectivity index (χ0n) is 10.3. The molecular weight excluding hydrogens is 206 g/mol. The highest BCUT2D eigenvalue weighted by Crippen LogP contribution is 2.05. The maximum absolute atomic E-state index is 11.3. The highest BCUT2D eigenvalue weighted by atomic mass is 16.5. The third kappa shape index (κ3) is 3.64. The molecule has 0 aliphatic heterocycles. The minimum Gasteiger partial charge on any atom is -0.459 e. The maximum Gasteiger partial charge on any atom is 0.308 e. The Morgan fingerprint density at radius 3 is 2.69 bits per heavy atom. The van der Waals surface area contributed by atoms with Crippen molar-refractivity contribution in [3.05, 3.63) is 11.9 Å². The van der Waals surface area contributed by atoms with E-state index in [0.29, 0.717) is 5.92 Å². The summed E-state index contributed by atoms with van der Waals surface area (Å²) in [5, 5.41) is 7.77. The highest BCUT2D eigenvalue weighted by molar-refractivity contribution is 5.71. The number of hydrogen-bond donors (Lipinski definition) is 0. The molecule has 0 N–H and O–H groups in total. The summed E-state index contributed by atoms with van der Waals surface area (Å²) in [4.78, 5) is 11.3. The Hall–Kier alpha value is -1.39. The van der Waals surface area contributed by atoms with Crippen molar-refractivity contribution >= 4 is 5.97 Å². The molecule has 16 heavy (non-hydrogen) atoms. The molecule has 0 aromatic carbocycles. The van der Waals surface area contributed by atoms with E-state index >= 15 is 0 Å². The SMILES string of the molecule is CC(C)Cn1nncc1COC(=O)C(C)C. The summed E-state index contributed by atoms with van der Waals surface area (Å²) in [6, 6.07) is 0. The van der Waals surface area contributed by atoms with Gasteiger partial charge in [-0.25, -0.2) is 4.68 Å². The lowest BCUT2D eigenvalue weighted by Gasteiger charge is -2.10. The second kappa shape index (κ2) is 5.63. The number of carbonyl (C=O) groups excluding carboxylic acids is 1. The molecule has 90 valence electrons. The van der Waals surface area contributed by atoms with Gasteiger partial charge in [0, 0.05) is 6.54 Å². The van der Waals surface area contributed by atoms with Gasteiger partial charge in [0.25, 0.3) is 0 Å². The quantitative estimate of drug-likeness (QED) is 0.715. The molecule has 1 aromatic rings. The van der Waals surface area contributed by atoms with Crippen LogP contribution in [-0.4, -0.2) is 21.0 Å². The first-order valence-electron chi connectivity index (χ1n) is 5.54. The van der Waals surface area contributed by atoms with E-state index in [9.17, 15) is 4.79 Å². The molecule has 0 saturated heterocycles. The molecule has 1 aromatic heterocycles. The van der Waals surface area contributed by atoms with E-state index in [1.807, 2.05) is 13.8 Å². The van der Waals surface area contributed by atoms with Crippen LogP contribution in [0.4, 0.5) is 0 Å². The van der Waals surface area contributed by atoms with Crippen LogP contribution in [-0.2, 0) is 22.7 Å². The van der Waals surface area contributed by atoms with Crippen molar-refractivity contribution in [2.45, 2.75) is 40.8 Å². The number of rotatable bonds is 5. The summed E-state index contributed by atoms with van der Waals surface area (Å²) in [6.45, 7) is 8.86. The number of ether oxygens (including phenoxy) is 1. The van der Waals surface area contributed by atoms with E-state index in [2.05, 4.69) is 24.2 Å². The van der Waals surface area contributed by atoms with Gasteiger partial charge in [0.2, 0.25) is 0 Å². The molecule has 1 rings (SSSR count). The number of carbonyl (C=O) groups is 1. The average molecular weight is 225 g/mol. The van der Waals surface area contributed by atoms with Gasteiger partial charge < -0.3 is 4.74 Å². The number of nitrogens with zero attached hydrogens (tertiary/aromatic N) is 3. The van der Waals surface area contributed by atoms with Crippen molar-refractivity contribution in [3.63, 3.8) is 0 Å². The van der Waals surface area contributed by atoms with Crippen molar-refractivity contribution in [2.24, 2.45) is 11.8 Å². The number of hydrogen-bond acceptors (Lipinski definition) is 4. The van der Waals surface area contributed by atoms with Crippen molar-refractivity contribution in [1.82, 2.24) is 15.0 Å². The lowest BCUT2D eigenvalue weighted by atomic mass is 10.2. The van der Waals surface area contributed by atoms with Crippen LogP contribution in [0, 0.1) is 11.8 Å². The average Bonchev–Trinajstić information content (AvgIpc) is 2.60. The van der Waals surface area contributed by atoms with E-state index in [0.717, 1.165) is 12.2 Å². The lowest BCUT2D eigenvalue weighted by Crippen LogP contribution is -2.15. The third-order valence-electron chi connectivity index (χ3n) is 2.07. The molecule has 0 atom stereocenters. The van der Waals surface area contributed by atoms with Crippen LogP contribution in [0.15, 0.2) is 6.20 Å². The van der Waals surface area contributed by atoms with Crippen molar-refractivity contribution in [3.8, 4) is 0 Å². The second-order valence-corrected chi connectivity index (χ2v) is 4.56. The van der Waals surface area contributed by atoms with Gasteiger partial charge in [-0.05, 0) is 5.92 Å². The van der Waals surface area contributed by atoms with Gasteiger partial charge >= 0.3 is 5.97 Å². The topological polar surface area (TPSA) is 57.0 Å². The van der Waals surface area contributed by atoms with Crippen molar-refractivity contribution in [1.29, 1.82) is 0 Å². The van der Waals surface area contributed by atoms with Crippen LogP contribution in [0.2, 0.25) is 0 Å². The number of esters is 1. The zero-order valence-corrected chi connectivity index (χ0v) is 10.3. The monoisotopic (exact) mass is 225 g/mol.